The van der Waals surface area contributed by atoms with Gasteiger partial charge in [0.2, 0.25) is 17.7 Å². The van der Waals surface area contributed by atoms with E-state index < -0.39 is 17.5 Å². The lowest BCUT2D eigenvalue weighted by Gasteiger charge is -2.35. The third-order valence-corrected chi connectivity index (χ3v) is 14.2. The number of aromatic hydroxyl groups is 1. The first-order chi connectivity index (χ1) is 38.2. The smallest absolute Gasteiger partial charge is 0.296 e. The summed E-state index contributed by atoms with van der Waals surface area (Å²) < 4.78 is 22.7. The van der Waals surface area contributed by atoms with Crippen molar-refractivity contribution in [2.75, 3.05) is 72.5 Å². The molecule has 1 unspecified atom stereocenters. The van der Waals surface area contributed by atoms with Gasteiger partial charge in [0.25, 0.3) is 5.91 Å². The lowest BCUT2D eigenvalue weighted by Crippen LogP contribution is -2.57. The molecule has 0 spiro atoms. The zero-order valence-electron chi connectivity index (χ0n) is 46.1. The van der Waals surface area contributed by atoms with Crippen LogP contribution in [0.5, 0.6) is 5.88 Å². The molecule has 1 fully saturated rings. The van der Waals surface area contributed by atoms with E-state index in [-0.39, 0.29) is 48.5 Å². The van der Waals surface area contributed by atoms with Crippen molar-refractivity contribution in [3.05, 3.63) is 136 Å². The second-order valence-electron chi connectivity index (χ2n) is 20.5. The molecule has 1 saturated heterocycles. The van der Waals surface area contributed by atoms with Gasteiger partial charge in [0.05, 0.1) is 91.4 Å². The van der Waals surface area contributed by atoms with Crippen molar-refractivity contribution in [2.45, 2.75) is 79.6 Å². The first-order valence-corrected chi connectivity index (χ1v) is 27.8. The third-order valence-electron chi connectivity index (χ3n) is 13.2. The van der Waals surface area contributed by atoms with Crippen molar-refractivity contribution in [3.63, 3.8) is 0 Å². The van der Waals surface area contributed by atoms with Gasteiger partial charge in [0.1, 0.15) is 12.1 Å². The van der Waals surface area contributed by atoms with E-state index in [1.54, 1.807) is 22.3 Å². The van der Waals surface area contributed by atoms with Crippen LogP contribution in [-0.2, 0) is 51.2 Å². The van der Waals surface area contributed by atoms with Gasteiger partial charge in [-0.2, -0.15) is 0 Å². The summed E-state index contributed by atoms with van der Waals surface area (Å²) in [6.07, 6.45) is 0.621. The molecule has 6 N–H and O–H groups in total. The number of likely N-dealkylation sites (tertiary alicyclic amines) is 1. The van der Waals surface area contributed by atoms with Crippen LogP contribution in [0.2, 0.25) is 0 Å². The molecule has 6 aromatic rings. The van der Waals surface area contributed by atoms with E-state index in [4.69, 9.17) is 23.9 Å². The zero-order valence-corrected chi connectivity index (χ0v) is 46.9. The predicted octanol–water partition coefficient (Wildman–Crippen LogP) is 7.59. The molecule has 0 saturated carbocycles. The van der Waals surface area contributed by atoms with E-state index in [0.29, 0.717) is 108 Å². The second kappa shape index (κ2) is 29.7. The Labute approximate surface area is 467 Å². The van der Waals surface area contributed by atoms with Crippen molar-refractivity contribution in [1.29, 1.82) is 0 Å². The topological polar surface area (TPSA) is 218 Å². The summed E-state index contributed by atoms with van der Waals surface area (Å²) in [7, 11) is 0. The van der Waals surface area contributed by atoms with Crippen molar-refractivity contribution in [3.8, 4) is 28.2 Å². The third kappa shape index (κ3) is 17.6. The minimum atomic E-state index is -0.822. The molecule has 1 aliphatic heterocycles. The van der Waals surface area contributed by atoms with Crippen LogP contribution in [0.1, 0.15) is 81.0 Å². The molecule has 2 aromatic heterocycles. The highest BCUT2D eigenvalue weighted by atomic mass is 32.1. The van der Waals surface area contributed by atoms with Crippen LogP contribution in [0.3, 0.4) is 0 Å². The van der Waals surface area contributed by atoms with Gasteiger partial charge in [-0.15, -0.1) is 11.3 Å². The standard InChI is InChI=1S/C61H74N8O9S/c1-7-63-52(70)24-18-43-17-23-49-50(36-43)67-59(73)54(49)55(46-11-9-8-10-12-46)66-48-21-15-44(16-22-48)37-62-26-28-76-30-32-78-34-33-77-31-29-75-27-25-53(71)68-57(61(4,5)6)60(74)69-39-41(2)35-51(69)58(72)64-38-45-13-19-47(20-14-45)56-42(3)65-40-79-56/h8-17,19-23,36,40-41,51,57,62,67,73H,7,25-35,37-39H2,1-6H3,(H,63,70)(H,64,72)(H,68,71)/t41?,51-,57+/m0/s1. The average Bonchev–Trinajstić information content (AvgIpc) is 4.33. The SMILES string of the molecule is CCNC(=O)C#Cc1ccc2c(C(=Nc3ccc(CNCCOCCOCCOCCOCCC(=O)N[C@H](C(=O)N4CC(C)C[C@H]4C(=O)NCc4ccc(-c5scnc5C)cc4)C(C)(C)C)cc3)c3ccccc3)c(O)[nH]c2c1. The molecular formula is C61H74N8O9S. The quantitative estimate of drug-likeness (QED) is 0.0168. The van der Waals surface area contributed by atoms with Gasteiger partial charge in [-0.05, 0) is 72.6 Å². The predicted molar refractivity (Wildman–Crippen MR) is 308 cm³/mol. The number of hydrogen-bond donors (Lipinski definition) is 6. The molecule has 7 rings (SSSR count). The van der Waals surface area contributed by atoms with Gasteiger partial charge in [0.15, 0.2) is 5.88 Å². The molecule has 3 atom stereocenters. The van der Waals surface area contributed by atoms with E-state index in [1.807, 2.05) is 138 Å². The first-order valence-electron chi connectivity index (χ1n) is 26.9. The number of aromatic amines is 1. The van der Waals surface area contributed by atoms with Crippen LogP contribution in [0, 0.1) is 30.1 Å². The summed E-state index contributed by atoms with van der Waals surface area (Å²) in [5, 5.41) is 24.0. The summed E-state index contributed by atoms with van der Waals surface area (Å²) in [5.41, 5.74) is 9.40. The van der Waals surface area contributed by atoms with E-state index >= 15 is 0 Å². The molecule has 79 heavy (non-hydrogen) atoms. The summed E-state index contributed by atoms with van der Waals surface area (Å²) >= 11 is 1.60. The van der Waals surface area contributed by atoms with Crippen LogP contribution >= 0.6 is 11.3 Å². The largest absolute Gasteiger partial charge is 0.494 e. The van der Waals surface area contributed by atoms with Crippen molar-refractivity contribution >= 4 is 57.3 Å². The number of nitrogens with one attached hydrogen (secondary N) is 5. The molecular weight excluding hydrogens is 1020 g/mol. The number of benzene rings is 4. The number of aryl methyl sites for hydroxylation is 1. The number of fused-ring (bicyclic) bond motifs is 1. The zero-order chi connectivity index (χ0) is 56.2. The second-order valence-corrected chi connectivity index (χ2v) is 21.3. The number of aliphatic imine (C=N–C) groups is 1. The molecule has 4 amide bonds. The fraction of sp³-hybridized carbons (Fsp3) is 0.410. The molecule has 17 nitrogen and oxygen atoms in total. The normalized spacial score (nSPS) is 14.9. The fourth-order valence-electron chi connectivity index (χ4n) is 9.06. The fourth-order valence-corrected chi connectivity index (χ4v) is 9.87. The number of ether oxygens (including phenoxy) is 4. The molecule has 0 aliphatic carbocycles. The van der Waals surface area contributed by atoms with Gasteiger partial charge in [0, 0.05) is 61.6 Å². The van der Waals surface area contributed by atoms with Crippen LogP contribution in [0.4, 0.5) is 5.69 Å². The maximum Gasteiger partial charge on any atom is 0.296 e. The summed E-state index contributed by atoms with van der Waals surface area (Å²) in [6.45, 7) is 17.1. The summed E-state index contributed by atoms with van der Waals surface area (Å²) in [6, 6.07) is 29.7. The molecule has 1 aliphatic rings. The van der Waals surface area contributed by atoms with Crippen molar-refractivity contribution in [1.82, 2.24) is 36.1 Å². The Hall–Kier alpha value is -7.24. The Balaban J connectivity index is 0.733. The monoisotopic (exact) mass is 1090 g/mol. The number of H-pyrrole nitrogens is 1. The Bertz CT molecular complexity index is 3050. The van der Waals surface area contributed by atoms with Crippen molar-refractivity contribution < 1.29 is 43.2 Å². The Kier molecular flexibility index (Phi) is 22.3. The maximum absolute atomic E-state index is 14.1. The lowest BCUT2D eigenvalue weighted by molar-refractivity contribution is -0.144. The minimum Gasteiger partial charge on any atom is -0.494 e. The maximum atomic E-state index is 14.1. The number of carbonyl (C=O) groups excluding carboxylic acids is 4. The van der Waals surface area contributed by atoms with Gasteiger partial charge in [-0.3, -0.25) is 19.2 Å². The van der Waals surface area contributed by atoms with Gasteiger partial charge in [-0.1, -0.05) is 106 Å². The molecule has 0 bridgehead atoms. The first kappa shape index (κ1) is 59.4. The number of nitrogens with zero attached hydrogens (tertiary/aromatic N) is 3. The van der Waals surface area contributed by atoms with Crippen molar-refractivity contribution in [2.24, 2.45) is 16.3 Å². The van der Waals surface area contributed by atoms with Crippen LogP contribution < -0.4 is 21.3 Å². The number of carbonyl (C=O) groups is 4. The number of aromatic nitrogens is 2. The minimum absolute atomic E-state index is 0.0150. The lowest BCUT2D eigenvalue weighted by atomic mass is 9.85. The summed E-state index contributed by atoms with van der Waals surface area (Å²) in [4.78, 5) is 67.8. The van der Waals surface area contributed by atoms with Crippen LogP contribution in [-0.4, -0.2) is 134 Å². The Morgan fingerprint density at radius 3 is 2.16 bits per heavy atom. The molecule has 418 valence electrons. The highest BCUT2D eigenvalue weighted by Crippen LogP contribution is 2.33. The van der Waals surface area contributed by atoms with Crippen LogP contribution in [0.25, 0.3) is 21.3 Å². The van der Waals surface area contributed by atoms with Crippen LogP contribution in [0.15, 0.2) is 108 Å². The van der Waals surface area contributed by atoms with E-state index in [2.05, 4.69) is 43.1 Å². The Morgan fingerprint density at radius 1 is 0.848 bits per heavy atom. The number of thiazole rings is 1. The van der Waals surface area contributed by atoms with Gasteiger partial charge >= 0.3 is 0 Å². The van der Waals surface area contributed by atoms with Gasteiger partial charge in [-0.25, -0.2) is 9.98 Å². The number of hydrogen-bond acceptors (Lipinski definition) is 13. The van der Waals surface area contributed by atoms with E-state index in [1.165, 1.54) is 0 Å². The molecule has 0 radical (unpaired) electrons. The number of amides is 4. The molecule has 4 aromatic carbocycles. The highest BCUT2D eigenvalue weighted by Gasteiger charge is 2.43. The highest BCUT2D eigenvalue weighted by molar-refractivity contribution is 7.13. The van der Waals surface area contributed by atoms with E-state index in [9.17, 15) is 24.3 Å². The molecule has 3 heterocycles. The van der Waals surface area contributed by atoms with E-state index in [0.717, 1.165) is 43.9 Å². The Morgan fingerprint density at radius 2 is 1.51 bits per heavy atom. The average molecular weight is 1100 g/mol. The molecule has 18 heteroatoms. The number of rotatable bonds is 27. The van der Waals surface area contributed by atoms with Gasteiger partial charge < -0.3 is 55.2 Å². The summed E-state index contributed by atoms with van der Waals surface area (Å²) in [5.74, 6) is 4.47.